The number of hydrogen-bond donors (Lipinski definition) is 1. The molecule has 206 valence electrons. The van der Waals surface area contributed by atoms with Crippen LogP contribution in [0.3, 0.4) is 0 Å². The molecule has 0 radical (unpaired) electrons. The van der Waals surface area contributed by atoms with E-state index in [-0.39, 0.29) is 34.7 Å². The molecule has 0 saturated heterocycles. The van der Waals surface area contributed by atoms with Gasteiger partial charge in [0.2, 0.25) is 10.0 Å². The number of methoxy groups -OCH3 is 2. The maximum atomic E-state index is 13.8. The molecule has 0 aliphatic rings. The Morgan fingerprint density at radius 1 is 1.13 bits per heavy atom. The van der Waals surface area contributed by atoms with E-state index in [1.165, 1.54) is 20.3 Å². The first-order chi connectivity index (χ1) is 17.9. The lowest BCUT2D eigenvalue weighted by Crippen LogP contribution is -2.33. The van der Waals surface area contributed by atoms with E-state index in [0.717, 1.165) is 17.8 Å². The quantitative estimate of drug-likeness (QED) is 0.366. The minimum Gasteiger partial charge on any atom is -0.493 e. The third-order valence-corrected chi connectivity index (χ3v) is 7.84. The van der Waals surface area contributed by atoms with Crippen molar-refractivity contribution in [2.75, 3.05) is 20.8 Å². The fraction of sp³-hybridized carbons (Fsp3) is 0.407. The van der Waals surface area contributed by atoms with Crippen LogP contribution in [0.15, 0.2) is 41.3 Å². The molecule has 9 nitrogen and oxygen atoms in total. The van der Waals surface area contributed by atoms with Crippen molar-refractivity contribution in [2.45, 2.75) is 52.1 Å². The van der Waals surface area contributed by atoms with Crippen LogP contribution >= 0.6 is 11.6 Å². The van der Waals surface area contributed by atoms with Gasteiger partial charge in [0, 0.05) is 12.2 Å². The number of amides is 1. The zero-order valence-corrected chi connectivity index (χ0v) is 24.2. The van der Waals surface area contributed by atoms with Crippen LogP contribution in [0.5, 0.6) is 11.5 Å². The molecule has 0 spiro atoms. The van der Waals surface area contributed by atoms with Crippen LogP contribution in [0.2, 0.25) is 5.02 Å². The van der Waals surface area contributed by atoms with E-state index in [4.69, 9.17) is 31.2 Å². The molecule has 0 atom stereocenters. The molecular weight excluding hydrogens is 528 g/mol. The van der Waals surface area contributed by atoms with E-state index in [9.17, 15) is 13.2 Å². The molecule has 0 saturated carbocycles. The van der Waals surface area contributed by atoms with Gasteiger partial charge in [-0.15, -0.1) is 0 Å². The minimum atomic E-state index is -3.92. The number of aryl methyl sites for hydroxylation is 1. The zero-order valence-electron chi connectivity index (χ0n) is 22.6. The molecule has 1 amide bonds. The predicted octanol–water partition coefficient (Wildman–Crippen LogP) is 4.55. The molecule has 2 N–H and O–H groups in total. The summed E-state index contributed by atoms with van der Waals surface area (Å²) < 4.78 is 37.0. The second kappa shape index (κ2) is 12.2. The molecule has 38 heavy (non-hydrogen) atoms. The van der Waals surface area contributed by atoms with E-state index in [2.05, 4.69) is 13.8 Å². The summed E-state index contributed by atoms with van der Waals surface area (Å²) in [6.07, 6.45) is 0.767. The van der Waals surface area contributed by atoms with Gasteiger partial charge in [0.15, 0.2) is 11.5 Å². The lowest BCUT2D eigenvalue weighted by atomic mass is 10.1. The average Bonchev–Trinajstić information content (AvgIpc) is 3.12. The van der Waals surface area contributed by atoms with Gasteiger partial charge in [-0.3, -0.25) is 4.79 Å². The third kappa shape index (κ3) is 6.48. The van der Waals surface area contributed by atoms with Gasteiger partial charge in [-0.05, 0) is 49.9 Å². The van der Waals surface area contributed by atoms with Crippen LogP contribution < -0.4 is 14.6 Å². The van der Waals surface area contributed by atoms with E-state index in [1.54, 1.807) is 35.2 Å². The van der Waals surface area contributed by atoms with Gasteiger partial charge in [-0.1, -0.05) is 43.6 Å². The SMILES string of the molecule is COc1ccc(C(=O)N(CCC(C)C)Cc2nc(C)c(C)n2Cc2ccccc2S(N)(=O)=O)c(Cl)c1OC. The Balaban J connectivity index is 2.04. The molecule has 0 bridgehead atoms. The minimum absolute atomic E-state index is 0.0570. The number of ether oxygens (including phenoxy) is 2. The van der Waals surface area contributed by atoms with Crippen LogP contribution in [0, 0.1) is 19.8 Å². The smallest absolute Gasteiger partial charge is 0.255 e. The number of halogens is 1. The van der Waals surface area contributed by atoms with Crippen LogP contribution in [-0.4, -0.2) is 49.5 Å². The monoisotopic (exact) mass is 562 g/mol. The van der Waals surface area contributed by atoms with Gasteiger partial charge >= 0.3 is 0 Å². The number of rotatable bonds is 11. The highest BCUT2D eigenvalue weighted by atomic mass is 35.5. The summed E-state index contributed by atoms with van der Waals surface area (Å²) in [5.74, 6) is 1.43. The first kappa shape index (κ1) is 29.5. The van der Waals surface area contributed by atoms with Crippen molar-refractivity contribution < 1.29 is 22.7 Å². The number of hydrogen-bond acceptors (Lipinski definition) is 6. The summed E-state index contributed by atoms with van der Waals surface area (Å²) in [5.41, 5.74) is 2.48. The van der Waals surface area contributed by atoms with E-state index in [0.29, 0.717) is 35.2 Å². The molecule has 1 aromatic heterocycles. The fourth-order valence-electron chi connectivity index (χ4n) is 4.20. The normalized spacial score (nSPS) is 11.6. The summed E-state index contributed by atoms with van der Waals surface area (Å²) >= 11 is 6.58. The van der Waals surface area contributed by atoms with Crippen molar-refractivity contribution in [1.29, 1.82) is 0 Å². The molecule has 0 unspecified atom stereocenters. The Morgan fingerprint density at radius 3 is 2.42 bits per heavy atom. The number of carbonyl (C=O) groups excluding carboxylic acids is 1. The molecule has 0 fully saturated rings. The van der Waals surface area contributed by atoms with E-state index >= 15 is 0 Å². The van der Waals surface area contributed by atoms with Gasteiger partial charge in [0.25, 0.3) is 5.91 Å². The highest BCUT2D eigenvalue weighted by Gasteiger charge is 2.25. The van der Waals surface area contributed by atoms with Crippen LogP contribution in [-0.2, 0) is 23.1 Å². The van der Waals surface area contributed by atoms with Crippen molar-refractivity contribution >= 4 is 27.5 Å². The molecule has 3 aromatic rings. The number of nitrogens with two attached hydrogens (primary N) is 1. The predicted molar refractivity (Wildman–Crippen MR) is 147 cm³/mol. The average molecular weight is 563 g/mol. The molecule has 0 aliphatic carbocycles. The Hall–Kier alpha value is -3.08. The number of primary sulfonamides is 1. The maximum Gasteiger partial charge on any atom is 0.255 e. The van der Waals surface area contributed by atoms with Crippen molar-refractivity contribution in [3.63, 3.8) is 0 Å². The zero-order chi connectivity index (χ0) is 28.2. The van der Waals surface area contributed by atoms with E-state index in [1.807, 2.05) is 18.4 Å². The maximum absolute atomic E-state index is 13.8. The highest BCUT2D eigenvalue weighted by Crippen LogP contribution is 2.38. The molecule has 2 aromatic carbocycles. The second-order valence-electron chi connectivity index (χ2n) is 9.51. The second-order valence-corrected chi connectivity index (χ2v) is 11.4. The summed E-state index contributed by atoms with van der Waals surface area (Å²) in [7, 11) is -0.944. The highest BCUT2D eigenvalue weighted by molar-refractivity contribution is 7.89. The number of benzene rings is 2. The van der Waals surface area contributed by atoms with Crippen LogP contribution in [0.25, 0.3) is 0 Å². The Kier molecular flexibility index (Phi) is 9.45. The van der Waals surface area contributed by atoms with Crippen LogP contribution in [0.4, 0.5) is 0 Å². The van der Waals surface area contributed by atoms with E-state index < -0.39 is 10.0 Å². The van der Waals surface area contributed by atoms with Crippen molar-refractivity contribution in [1.82, 2.24) is 14.5 Å². The molecule has 1 heterocycles. The lowest BCUT2D eigenvalue weighted by Gasteiger charge is -2.25. The van der Waals surface area contributed by atoms with Gasteiger partial charge in [-0.2, -0.15) is 0 Å². The summed E-state index contributed by atoms with van der Waals surface area (Å²) in [4.78, 5) is 20.3. The summed E-state index contributed by atoms with van der Waals surface area (Å²) in [6, 6.07) is 9.89. The number of sulfonamides is 1. The molecule has 0 aliphatic heterocycles. The lowest BCUT2D eigenvalue weighted by molar-refractivity contribution is 0.0729. The Morgan fingerprint density at radius 2 is 1.82 bits per heavy atom. The molecule has 3 rings (SSSR count). The van der Waals surface area contributed by atoms with Crippen LogP contribution in [0.1, 0.15) is 53.4 Å². The number of nitrogens with zero attached hydrogens (tertiary/aromatic N) is 3. The number of carbonyl (C=O) groups is 1. The third-order valence-electron chi connectivity index (χ3n) is 6.46. The number of aromatic nitrogens is 2. The summed E-state index contributed by atoms with van der Waals surface area (Å²) in [5, 5.41) is 5.64. The topological polar surface area (TPSA) is 117 Å². The standard InChI is InChI=1S/C27H35ClN4O5S/c1-17(2)13-14-31(27(33)21-11-12-22(36-5)26(37-6)25(21)28)16-24-30-18(3)19(4)32(24)15-20-9-7-8-10-23(20)38(29,34)35/h7-12,17H,13-16H2,1-6H3,(H2,29,34,35). The molecule has 11 heteroatoms. The summed E-state index contributed by atoms with van der Waals surface area (Å²) in [6.45, 7) is 8.88. The van der Waals surface area contributed by atoms with Gasteiger partial charge < -0.3 is 18.9 Å². The Bertz CT molecular complexity index is 1420. The van der Waals surface area contributed by atoms with Crippen molar-refractivity contribution in [3.05, 3.63) is 69.8 Å². The van der Waals surface area contributed by atoms with Crippen molar-refractivity contribution in [2.24, 2.45) is 11.1 Å². The van der Waals surface area contributed by atoms with Gasteiger partial charge in [-0.25, -0.2) is 18.5 Å². The largest absolute Gasteiger partial charge is 0.493 e. The number of imidazole rings is 1. The van der Waals surface area contributed by atoms with Gasteiger partial charge in [0.1, 0.15) is 5.82 Å². The Labute approximate surface area is 229 Å². The first-order valence-corrected chi connectivity index (χ1v) is 14.1. The fourth-order valence-corrected chi connectivity index (χ4v) is 5.28. The van der Waals surface area contributed by atoms with Crippen molar-refractivity contribution in [3.8, 4) is 11.5 Å². The molecular formula is C27H35ClN4O5S. The first-order valence-electron chi connectivity index (χ1n) is 12.2. The van der Waals surface area contributed by atoms with Gasteiger partial charge in [0.05, 0.1) is 48.5 Å².